The Kier molecular flexibility index (Phi) is 4.39. The Morgan fingerprint density at radius 2 is 1.71 bits per heavy atom. The smallest absolute Gasteiger partial charge is 0.269 e. The first-order chi connectivity index (χ1) is 13.3. The van der Waals surface area contributed by atoms with E-state index < -0.39 is 26.7 Å². The minimum atomic E-state index is -3.81. The monoisotopic (exact) mass is 405 g/mol. The number of hydrogen-bond donors (Lipinski definition) is 1. The van der Waals surface area contributed by atoms with Crippen LogP contribution < -0.4 is 4.72 Å². The molecular weight excluding hydrogens is 389 g/mol. The van der Waals surface area contributed by atoms with Crippen molar-refractivity contribution in [3.63, 3.8) is 0 Å². The van der Waals surface area contributed by atoms with Crippen molar-refractivity contribution >= 4 is 21.6 Å². The molecule has 2 aromatic rings. The SMILES string of the molecule is O=C(c1ccccc1F)N1CC2C(C1)C2NS(=O)(=O)c1ccc([N+](=O)[O-])cc1. The fraction of sp³-hybridized carbons (Fsp3) is 0.278. The number of rotatable bonds is 5. The van der Waals surface area contributed by atoms with E-state index in [9.17, 15) is 27.7 Å². The van der Waals surface area contributed by atoms with Gasteiger partial charge >= 0.3 is 0 Å². The molecule has 2 atom stereocenters. The van der Waals surface area contributed by atoms with Crippen molar-refractivity contribution in [2.24, 2.45) is 11.8 Å². The number of carbonyl (C=O) groups is 1. The van der Waals surface area contributed by atoms with Gasteiger partial charge in [0, 0.05) is 31.3 Å². The van der Waals surface area contributed by atoms with Crippen LogP contribution >= 0.6 is 0 Å². The summed E-state index contributed by atoms with van der Waals surface area (Å²) in [6, 6.07) is 10.1. The van der Waals surface area contributed by atoms with Gasteiger partial charge in [-0.3, -0.25) is 14.9 Å². The molecule has 28 heavy (non-hydrogen) atoms. The lowest BCUT2D eigenvalue weighted by atomic mass is 10.2. The number of nitro benzene ring substituents is 1. The Hall–Kier alpha value is -2.85. The molecule has 1 N–H and O–H groups in total. The first-order valence-electron chi connectivity index (χ1n) is 8.58. The maximum atomic E-state index is 13.8. The van der Waals surface area contributed by atoms with E-state index in [1.165, 1.54) is 35.2 Å². The number of sulfonamides is 1. The molecule has 1 amide bonds. The number of carbonyl (C=O) groups excluding carboxylic acids is 1. The molecule has 146 valence electrons. The molecule has 2 aliphatic rings. The van der Waals surface area contributed by atoms with E-state index in [0.29, 0.717) is 13.1 Å². The highest BCUT2D eigenvalue weighted by molar-refractivity contribution is 7.89. The fourth-order valence-electron chi connectivity index (χ4n) is 3.67. The average molecular weight is 405 g/mol. The second-order valence-electron chi connectivity index (χ2n) is 6.92. The number of amides is 1. The Balaban J connectivity index is 1.39. The summed E-state index contributed by atoms with van der Waals surface area (Å²) in [7, 11) is -3.81. The van der Waals surface area contributed by atoms with Crippen LogP contribution in [0.4, 0.5) is 10.1 Å². The Labute approximate surface area is 160 Å². The molecule has 0 bridgehead atoms. The second kappa shape index (κ2) is 6.64. The van der Waals surface area contributed by atoms with Gasteiger partial charge in [-0.2, -0.15) is 0 Å². The minimum absolute atomic E-state index is 0.00631. The molecule has 8 nitrogen and oxygen atoms in total. The van der Waals surface area contributed by atoms with Gasteiger partial charge in [0.05, 0.1) is 15.4 Å². The third kappa shape index (κ3) is 3.25. The lowest BCUT2D eigenvalue weighted by Crippen LogP contribution is -2.37. The first-order valence-corrected chi connectivity index (χ1v) is 10.1. The third-order valence-corrected chi connectivity index (χ3v) is 6.71. The molecule has 0 aromatic heterocycles. The van der Waals surface area contributed by atoms with Gasteiger partial charge in [-0.05, 0) is 36.1 Å². The van der Waals surface area contributed by atoms with E-state index in [0.717, 1.165) is 12.1 Å². The van der Waals surface area contributed by atoms with Crippen LogP contribution in [0.2, 0.25) is 0 Å². The molecule has 1 saturated carbocycles. The zero-order chi connectivity index (χ0) is 20.1. The molecule has 1 heterocycles. The van der Waals surface area contributed by atoms with Crippen LogP contribution in [0.3, 0.4) is 0 Å². The molecule has 4 rings (SSSR count). The molecular formula is C18H16FN3O5S. The van der Waals surface area contributed by atoms with Crippen molar-refractivity contribution in [3.8, 4) is 0 Å². The summed E-state index contributed by atoms with van der Waals surface area (Å²) in [4.78, 5) is 24.0. The van der Waals surface area contributed by atoms with E-state index in [4.69, 9.17) is 0 Å². The van der Waals surface area contributed by atoms with Gasteiger partial charge in [0.25, 0.3) is 11.6 Å². The molecule has 2 unspecified atom stereocenters. The standard InChI is InChI=1S/C18H16FN3O5S/c19-16-4-2-1-3-13(16)18(23)21-9-14-15(10-21)17(14)20-28(26,27)12-7-5-11(6-8-12)22(24)25/h1-8,14-15,17,20H,9-10H2. The van der Waals surface area contributed by atoms with Gasteiger partial charge in [-0.25, -0.2) is 17.5 Å². The number of nitrogens with zero attached hydrogens (tertiary/aromatic N) is 2. The quantitative estimate of drug-likeness (QED) is 0.602. The zero-order valence-electron chi connectivity index (χ0n) is 14.5. The van der Waals surface area contributed by atoms with Crippen LogP contribution in [0.15, 0.2) is 53.4 Å². The van der Waals surface area contributed by atoms with Crippen molar-refractivity contribution in [2.45, 2.75) is 10.9 Å². The summed E-state index contributed by atoms with van der Waals surface area (Å²) in [6.45, 7) is 0.705. The molecule has 1 aliphatic carbocycles. The highest BCUT2D eigenvalue weighted by atomic mass is 32.2. The van der Waals surface area contributed by atoms with E-state index in [1.807, 2.05) is 0 Å². The van der Waals surface area contributed by atoms with Crippen molar-refractivity contribution in [1.82, 2.24) is 9.62 Å². The van der Waals surface area contributed by atoms with Crippen molar-refractivity contribution in [3.05, 3.63) is 70.0 Å². The van der Waals surface area contributed by atoms with Gasteiger partial charge < -0.3 is 4.90 Å². The number of hydrogen-bond acceptors (Lipinski definition) is 5. The normalized spacial score (nSPS) is 23.3. The van der Waals surface area contributed by atoms with Crippen LogP contribution in [0.25, 0.3) is 0 Å². The predicted octanol–water partition coefficient (Wildman–Crippen LogP) is 1.78. The summed E-state index contributed by atoms with van der Waals surface area (Å²) < 4.78 is 41.3. The first kappa shape index (κ1) is 18.5. The number of piperidine rings is 1. The molecule has 1 saturated heterocycles. The summed E-state index contributed by atoms with van der Waals surface area (Å²) in [5.74, 6) is -1.03. The van der Waals surface area contributed by atoms with Gasteiger partial charge in [0.15, 0.2) is 0 Å². The molecule has 2 aromatic carbocycles. The number of halogens is 1. The minimum Gasteiger partial charge on any atom is -0.338 e. The molecule has 1 aliphatic heterocycles. The second-order valence-corrected chi connectivity index (χ2v) is 8.63. The third-order valence-electron chi connectivity index (χ3n) is 5.23. The van der Waals surface area contributed by atoms with E-state index in [2.05, 4.69) is 4.72 Å². The number of nitro groups is 1. The van der Waals surface area contributed by atoms with E-state index in [1.54, 1.807) is 6.07 Å². The molecule has 2 fully saturated rings. The Morgan fingerprint density at radius 3 is 2.29 bits per heavy atom. The number of likely N-dealkylation sites (tertiary alicyclic amines) is 1. The van der Waals surface area contributed by atoms with Crippen LogP contribution in [0, 0.1) is 27.8 Å². The van der Waals surface area contributed by atoms with Crippen molar-refractivity contribution in [1.29, 1.82) is 0 Å². The topological polar surface area (TPSA) is 110 Å². The van der Waals surface area contributed by atoms with E-state index >= 15 is 0 Å². The maximum absolute atomic E-state index is 13.8. The average Bonchev–Trinajstić information content (AvgIpc) is 3.10. The van der Waals surface area contributed by atoms with Crippen molar-refractivity contribution < 1.29 is 22.5 Å². The number of benzene rings is 2. The van der Waals surface area contributed by atoms with Gasteiger partial charge in [-0.15, -0.1) is 0 Å². The molecule has 0 radical (unpaired) electrons. The number of non-ortho nitro benzene ring substituents is 1. The number of nitrogens with one attached hydrogen (secondary N) is 1. The van der Waals surface area contributed by atoms with E-state index in [-0.39, 0.29) is 34.0 Å². The van der Waals surface area contributed by atoms with Crippen LogP contribution in [-0.4, -0.2) is 43.3 Å². The molecule has 0 spiro atoms. The zero-order valence-corrected chi connectivity index (χ0v) is 15.3. The van der Waals surface area contributed by atoms with Crippen LogP contribution in [0.1, 0.15) is 10.4 Å². The Morgan fingerprint density at radius 1 is 1.11 bits per heavy atom. The lowest BCUT2D eigenvalue weighted by molar-refractivity contribution is -0.384. The van der Waals surface area contributed by atoms with Gasteiger partial charge in [-0.1, -0.05) is 12.1 Å². The van der Waals surface area contributed by atoms with Gasteiger partial charge in [0.2, 0.25) is 10.0 Å². The highest BCUT2D eigenvalue weighted by Gasteiger charge is 2.58. The largest absolute Gasteiger partial charge is 0.338 e. The lowest BCUT2D eigenvalue weighted by Gasteiger charge is -2.20. The maximum Gasteiger partial charge on any atom is 0.269 e. The van der Waals surface area contributed by atoms with Crippen LogP contribution in [-0.2, 0) is 10.0 Å². The summed E-state index contributed by atoms with van der Waals surface area (Å²) in [5.41, 5.74) is -0.184. The number of fused-ring (bicyclic) bond motifs is 1. The van der Waals surface area contributed by atoms with Crippen LogP contribution in [0.5, 0.6) is 0 Å². The Bertz CT molecular complexity index is 1050. The van der Waals surface area contributed by atoms with Crippen molar-refractivity contribution in [2.75, 3.05) is 13.1 Å². The fourth-order valence-corrected chi connectivity index (χ4v) is 5.00. The summed E-state index contributed by atoms with van der Waals surface area (Å²) in [5, 5.41) is 10.7. The van der Waals surface area contributed by atoms with Gasteiger partial charge in [0.1, 0.15) is 5.82 Å². The predicted molar refractivity (Wildman–Crippen MR) is 96.5 cm³/mol. The highest BCUT2D eigenvalue weighted by Crippen LogP contribution is 2.46. The summed E-state index contributed by atoms with van der Waals surface area (Å²) in [6.07, 6.45) is 0. The summed E-state index contributed by atoms with van der Waals surface area (Å²) >= 11 is 0. The molecule has 10 heteroatoms.